The van der Waals surface area contributed by atoms with Gasteiger partial charge in [0.15, 0.2) is 0 Å². The third-order valence-corrected chi connectivity index (χ3v) is 5.06. The minimum Gasteiger partial charge on any atom is -0.330 e. The average Bonchev–Trinajstić information content (AvgIpc) is 3.18. The van der Waals surface area contributed by atoms with Gasteiger partial charge in [-0.05, 0) is 31.4 Å². The molecule has 0 unspecified atom stereocenters. The number of pyridine rings is 1. The Morgan fingerprint density at radius 3 is 3.18 bits per heavy atom. The van der Waals surface area contributed by atoms with Crippen LogP contribution in [0.3, 0.4) is 0 Å². The first-order chi connectivity index (χ1) is 10.8. The Balaban J connectivity index is 1.71. The third kappa shape index (κ3) is 2.20. The summed E-state index contributed by atoms with van der Waals surface area (Å²) >= 11 is 1.67. The number of carbonyl (C=O) groups is 1. The van der Waals surface area contributed by atoms with E-state index < -0.39 is 0 Å². The summed E-state index contributed by atoms with van der Waals surface area (Å²) in [6.07, 6.45) is 10.3. The van der Waals surface area contributed by atoms with E-state index in [1.54, 1.807) is 29.8 Å². The molecule has 22 heavy (non-hydrogen) atoms. The van der Waals surface area contributed by atoms with Crippen LogP contribution < -0.4 is 0 Å². The van der Waals surface area contributed by atoms with Crippen molar-refractivity contribution in [1.29, 1.82) is 0 Å². The first-order valence-corrected chi connectivity index (χ1v) is 8.33. The van der Waals surface area contributed by atoms with Crippen LogP contribution in [0.1, 0.15) is 41.4 Å². The summed E-state index contributed by atoms with van der Waals surface area (Å²) in [5, 5.41) is 2.05. The molecule has 1 atom stereocenters. The van der Waals surface area contributed by atoms with E-state index in [-0.39, 0.29) is 11.9 Å². The molecule has 3 aromatic heterocycles. The standard InChI is InChI=1S/C16H16N4OS/c21-15(12-4-3-6-17-10-12)20-7-2-1-5-13(20)14-16-19(11-18-14)8-9-22-16/h3-4,6,8-11,13H,1-2,5,7H2/t13-/m0/s1. The van der Waals surface area contributed by atoms with Crippen LogP contribution in [0.5, 0.6) is 0 Å². The van der Waals surface area contributed by atoms with Gasteiger partial charge in [0.25, 0.3) is 5.91 Å². The highest BCUT2D eigenvalue weighted by Gasteiger charge is 2.31. The van der Waals surface area contributed by atoms with Crippen LogP contribution in [0.25, 0.3) is 4.83 Å². The number of piperidine rings is 1. The van der Waals surface area contributed by atoms with Crippen molar-refractivity contribution in [2.24, 2.45) is 0 Å². The monoisotopic (exact) mass is 312 g/mol. The van der Waals surface area contributed by atoms with Gasteiger partial charge in [0.1, 0.15) is 11.2 Å². The minimum absolute atomic E-state index is 0.0514. The SMILES string of the molecule is O=C(c1cccnc1)N1CCCC[C@H]1c1ncn2ccsc12. The Labute approximate surface area is 132 Å². The average molecular weight is 312 g/mol. The molecule has 0 spiro atoms. The van der Waals surface area contributed by atoms with Crippen LogP contribution in [0, 0.1) is 0 Å². The van der Waals surface area contributed by atoms with Gasteiger partial charge in [-0.15, -0.1) is 11.3 Å². The Morgan fingerprint density at radius 2 is 2.32 bits per heavy atom. The molecule has 4 heterocycles. The highest BCUT2D eigenvalue weighted by Crippen LogP contribution is 2.34. The molecule has 5 nitrogen and oxygen atoms in total. The first kappa shape index (κ1) is 13.5. The van der Waals surface area contributed by atoms with Crippen LogP contribution in [0.2, 0.25) is 0 Å². The minimum atomic E-state index is 0.0514. The molecule has 0 aliphatic carbocycles. The van der Waals surface area contributed by atoms with Crippen molar-refractivity contribution in [1.82, 2.24) is 19.3 Å². The van der Waals surface area contributed by atoms with Gasteiger partial charge in [-0.25, -0.2) is 4.98 Å². The van der Waals surface area contributed by atoms with Gasteiger partial charge < -0.3 is 4.90 Å². The number of fused-ring (bicyclic) bond motifs is 1. The fourth-order valence-corrected chi connectivity index (χ4v) is 3.95. The molecule has 0 saturated carbocycles. The maximum atomic E-state index is 12.8. The predicted octanol–water partition coefficient (Wildman–Crippen LogP) is 3.16. The number of rotatable bonds is 2. The van der Waals surface area contributed by atoms with Gasteiger partial charge in [-0.3, -0.25) is 14.2 Å². The second kappa shape index (κ2) is 5.53. The predicted molar refractivity (Wildman–Crippen MR) is 84.9 cm³/mol. The molecule has 0 aromatic carbocycles. The number of amides is 1. The van der Waals surface area contributed by atoms with E-state index in [9.17, 15) is 4.79 Å². The molecule has 1 amide bonds. The lowest BCUT2D eigenvalue weighted by Gasteiger charge is -2.34. The molecule has 0 radical (unpaired) electrons. The molecule has 3 aromatic rings. The topological polar surface area (TPSA) is 50.5 Å². The van der Waals surface area contributed by atoms with Crippen LogP contribution in [-0.4, -0.2) is 31.7 Å². The molecule has 4 rings (SSSR count). The van der Waals surface area contributed by atoms with Gasteiger partial charge in [0, 0.05) is 30.5 Å². The van der Waals surface area contributed by atoms with Crippen molar-refractivity contribution < 1.29 is 4.79 Å². The molecule has 1 fully saturated rings. The fraction of sp³-hybridized carbons (Fsp3) is 0.312. The van der Waals surface area contributed by atoms with E-state index >= 15 is 0 Å². The van der Waals surface area contributed by atoms with Crippen LogP contribution in [0.15, 0.2) is 42.4 Å². The molecule has 0 N–H and O–H groups in total. The zero-order valence-corrected chi connectivity index (χ0v) is 12.9. The van der Waals surface area contributed by atoms with E-state index in [1.807, 2.05) is 27.9 Å². The number of hydrogen-bond acceptors (Lipinski definition) is 4. The summed E-state index contributed by atoms with van der Waals surface area (Å²) < 4.78 is 2.03. The summed E-state index contributed by atoms with van der Waals surface area (Å²) in [4.78, 5) is 24.6. The van der Waals surface area contributed by atoms with Crippen LogP contribution in [-0.2, 0) is 0 Å². The Bertz CT molecular complexity index is 795. The highest BCUT2D eigenvalue weighted by atomic mass is 32.1. The lowest BCUT2D eigenvalue weighted by atomic mass is 9.99. The number of thiazole rings is 1. The third-order valence-electron chi connectivity index (χ3n) is 4.16. The summed E-state index contributed by atoms with van der Waals surface area (Å²) in [6.45, 7) is 0.781. The zero-order chi connectivity index (χ0) is 14.9. The quantitative estimate of drug-likeness (QED) is 0.730. The van der Waals surface area contributed by atoms with Crippen molar-refractivity contribution in [3.8, 4) is 0 Å². The van der Waals surface area contributed by atoms with Gasteiger partial charge in [0.2, 0.25) is 0 Å². The Morgan fingerprint density at radius 1 is 1.36 bits per heavy atom. The summed E-state index contributed by atoms with van der Waals surface area (Å²) in [5.41, 5.74) is 1.67. The molecule has 1 aliphatic rings. The summed E-state index contributed by atoms with van der Waals surface area (Å²) in [7, 11) is 0. The van der Waals surface area contributed by atoms with E-state index in [2.05, 4.69) is 15.3 Å². The van der Waals surface area contributed by atoms with E-state index in [4.69, 9.17) is 0 Å². The van der Waals surface area contributed by atoms with Crippen molar-refractivity contribution in [2.75, 3.05) is 6.54 Å². The van der Waals surface area contributed by atoms with Gasteiger partial charge in [-0.1, -0.05) is 0 Å². The highest BCUT2D eigenvalue weighted by molar-refractivity contribution is 7.15. The second-order valence-corrected chi connectivity index (χ2v) is 6.39. The summed E-state index contributed by atoms with van der Waals surface area (Å²) in [6, 6.07) is 3.69. The Hall–Kier alpha value is -2.21. The number of carbonyl (C=O) groups excluding carboxylic acids is 1. The zero-order valence-electron chi connectivity index (χ0n) is 12.1. The molecule has 1 saturated heterocycles. The Kier molecular flexibility index (Phi) is 3.38. The lowest BCUT2D eigenvalue weighted by Crippen LogP contribution is -2.38. The maximum Gasteiger partial charge on any atom is 0.255 e. The number of likely N-dealkylation sites (tertiary alicyclic amines) is 1. The normalized spacial score (nSPS) is 18.7. The number of nitrogens with zero attached hydrogens (tertiary/aromatic N) is 4. The number of imidazole rings is 1. The van der Waals surface area contributed by atoms with Gasteiger partial charge >= 0.3 is 0 Å². The molecule has 1 aliphatic heterocycles. The molecular weight excluding hydrogens is 296 g/mol. The van der Waals surface area contributed by atoms with E-state index in [0.717, 1.165) is 36.3 Å². The van der Waals surface area contributed by atoms with Gasteiger partial charge in [0.05, 0.1) is 17.3 Å². The van der Waals surface area contributed by atoms with Crippen molar-refractivity contribution >= 4 is 22.1 Å². The molecule has 112 valence electrons. The van der Waals surface area contributed by atoms with E-state index in [0.29, 0.717) is 5.56 Å². The van der Waals surface area contributed by atoms with Crippen molar-refractivity contribution in [3.63, 3.8) is 0 Å². The molecule has 6 heteroatoms. The molecule has 0 bridgehead atoms. The second-order valence-electron chi connectivity index (χ2n) is 5.50. The van der Waals surface area contributed by atoms with Crippen LogP contribution >= 0.6 is 11.3 Å². The van der Waals surface area contributed by atoms with Crippen molar-refractivity contribution in [2.45, 2.75) is 25.3 Å². The first-order valence-electron chi connectivity index (χ1n) is 7.45. The van der Waals surface area contributed by atoms with Crippen LogP contribution in [0.4, 0.5) is 0 Å². The fourth-order valence-electron chi connectivity index (χ4n) is 3.09. The number of hydrogen-bond donors (Lipinski definition) is 0. The van der Waals surface area contributed by atoms with Crippen molar-refractivity contribution in [3.05, 3.63) is 53.7 Å². The lowest BCUT2D eigenvalue weighted by molar-refractivity contribution is 0.0608. The number of aromatic nitrogens is 3. The maximum absolute atomic E-state index is 12.8. The summed E-state index contributed by atoms with van der Waals surface area (Å²) in [5.74, 6) is 0.0514. The largest absolute Gasteiger partial charge is 0.330 e. The smallest absolute Gasteiger partial charge is 0.255 e. The molecular formula is C16H16N4OS. The van der Waals surface area contributed by atoms with Gasteiger partial charge in [-0.2, -0.15) is 0 Å². The van der Waals surface area contributed by atoms with E-state index in [1.165, 1.54) is 0 Å².